The van der Waals surface area contributed by atoms with Gasteiger partial charge in [-0.05, 0) is 62.5 Å². The maximum absolute atomic E-state index is 14.4. The predicted octanol–water partition coefficient (Wildman–Crippen LogP) is 5.55. The van der Waals surface area contributed by atoms with Gasteiger partial charge in [-0.3, -0.25) is 4.90 Å². The molecule has 154 valence electrons. The van der Waals surface area contributed by atoms with Crippen LogP contribution >= 0.6 is 0 Å². The van der Waals surface area contributed by atoms with Crippen molar-refractivity contribution in [3.8, 4) is 0 Å². The number of carboxylic acids is 1. The lowest BCUT2D eigenvalue weighted by Gasteiger charge is -2.34. The Kier molecular flexibility index (Phi) is 5.40. The van der Waals surface area contributed by atoms with E-state index in [1.54, 1.807) is 23.1 Å². The molecule has 3 aliphatic rings. The van der Waals surface area contributed by atoms with Crippen LogP contribution in [0.15, 0.2) is 88.6 Å². The Hall–Kier alpha value is -3.41. The molecule has 0 radical (unpaired) electrons. The van der Waals surface area contributed by atoms with Gasteiger partial charge in [0.05, 0.1) is 17.3 Å². The highest BCUT2D eigenvalue weighted by molar-refractivity contribution is 6.05. The van der Waals surface area contributed by atoms with E-state index in [-0.39, 0.29) is 11.6 Å². The first-order valence-corrected chi connectivity index (χ1v) is 10.1. The van der Waals surface area contributed by atoms with Gasteiger partial charge in [0.1, 0.15) is 11.7 Å². The molecular formula is C24H24FN3O2. The fourth-order valence-electron chi connectivity index (χ4n) is 3.95. The molecule has 1 aromatic rings. The van der Waals surface area contributed by atoms with Crippen molar-refractivity contribution < 1.29 is 14.3 Å². The van der Waals surface area contributed by atoms with Crippen molar-refractivity contribution in [2.24, 2.45) is 4.99 Å². The van der Waals surface area contributed by atoms with Gasteiger partial charge in [0.2, 0.25) is 0 Å². The van der Waals surface area contributed by atoms with Gasteiger partial charge in [-0.2, -0.15) is 0 Å². The van der Waals surface area contributed by atoms with E-state index in [4.69, 9.17) is 4.99 Å². The van der Waals surface area contributed by atoms with Crippen LogP contribution < -0.4 is 5.32 Å². The number of hydrogen-bond acceptors (Lipinski definition) is 4. The Morgan fingerprint density at radius 2 is 2.10 bits per heavy atom. The minimum Gasteiger partial charge on any atom is -0.478 e. The molecule has 5 nitrogen and oxygen atoms in total. The number of fused-ring (bicyclic) bond motifs is 1. The number of amidine groups is 1. The van der Waals surface area contributed by atoms with Crippen LogP contribution in [0.5, 0.6) is 0 Å². The lowest BCUT2D eigenvalue weighted by molar-refractivity contribution is 0.0698. The molecule has 2 heterocycles. The van der Waals surface area contributed by atoms with Gasteiger partial charge in [-0.1, -0.05) is 24.8 Å². The molecule has 0 bridgehead atoms. The highest BCUT2D eigenvalue weighted by Crippen LogP contribution is 2.34. The first-order valence-electron chi connectivity index (χ1n) is 10.1. The Bertz CT molecular complexity index is 1060. The van der Waals surface area contributed by atoms with E-state index in [9.17, 15) is 14.3 Å². The minimum absolute atomic E-state index is 0.163. The average Bonchev–Trinajstić information content (AvgIpc) is 2.74. The van der Waals surface area contributed by atoms with Crippen molar-refractivity contribution in [2.45, 2.75) is 38.6 Å². The van der Waals surface area contributed by atoms with Gasteiger partial charge >= 0.3 is 5.97 Å². The number of aromatic carboxylic acids is 1. The molecular weight excluding hydrogens is 381 g/mol. The maximum atomic E-state index is 14.4. The molecule has 2 aliphatic heterocycles. The second-order valence-electron chi connectivity index (χ2n) is 7.63. The number of rotatable bonds is 5. The Balaban J connectivity index is 1.68. The second kappa shape index (κ2) is 8.14. The van der Waals surface area contributed by atoms with E-state index < -0.39 is 11.8 Å². The molecule has 0 spiro atoms. The quantitative estimate of drug-likeness (QED) is 0.674. The molecule has 1 aliphatic carbocycles. The van der Waals surface area contributed by atoms with Crippen LogP contribution in [0.3, 0.4) is 0 Å². The van der Waals surface area contributed by atoms with Crippen LogP contribution in [-0.2, 0) is 0 Å². The second-order valence-corrected chi connectivity index (χ2v) is 7.63. The van der Waals surface area contributed by atoms with Gasteiger partial charge in [0, 0.05) is 23.2 Å². The number of hydrogen-bond donors (Lipinski definition) is 2. The van der Waals surface area contributed by atoms with Gasteiger partial charge in [-0.15, -0.1) is 0 Å². The van der Waals surface area contributed by atoms with Crippen LogP contribution in [0.25, 0.3) is 0 Å². The third kappa shape index (κ3) is 3.85. The number of anilines is 1. The molecule has 2 N–H and O–H groups in total. The van der Waals surface area contributed by atoms with Gasteiger partial charge in [0.15, 0.2) is 0 Å². The summed E-state index contributed by atoms with van der Waals surface area (Å²) in [7, 11) is 0. The molecule has 1 aromatic carbocycles. The number of para-hydroxylation sites is 1. The lowest BCUT2D eigenvalue weighted by Crippen LogP contribution is -2.37. The zero-order chi connectivity index (χ0) is 21.3. The standard InChI is InChI=1S/C24H24FN3O2/c1-15-12-22(17-8-4-3-5-9-17)27-23-20(13-18(25)14-28(15)23)16(2)26-21-11-7-6-10-19(21)24(29)30/h6-8,10-14,16,26H,1,3-5,9H2,2H3,(H,29,30). The molecule has 0 aromatic heterocycles. The van der Waals surface area contributed by atoms with Crippen molar-refractivity contribution in [3.05, 3.63) is 89.2 Å². The smallest absolute Gasteiger partial charge is 0.337 e. The van der Waals surface area contributed by atoms with Crippen molar-refractivity contribution in [1.82, 2.24) is 4.90 Å². The third-order valence-corrected chi connectivity index (χ3v) is 5.49. The van der Waals surface area contributed by atoms with E-state index in [2.05, 4.69) is 18.0 Å². The highest BCUT2D eigenvalue weighted by Gasteiger charge is 2.29. The SMILES string of the molecule is C=C1C=C(C2=CCCCC2)N=C2C(C(C)Nc3ccccc3C(=O)O)=CC(F)=CN12. The summed E-state index contributed by atoms with van der Waals surface area (Å²) < 4.78 is 14.4. The largest absolute Gasteiger partial charge is 0.478 e. The first kappa shape index (κ1) is 19.9. The molecule has 0 saturated carbocycles. The van der Waals surface area contributed by atoms with Gasteiger partial charge < -0.3 is 10.4 Å². The molecule has 30 heavy (non-hydrogen) atoms. The van der Waals surface area contributed by atoms with E-state index in [1.165, 1.54) is 30.3 Å². The van der Waals surface area contributed by atoms with Crippen LogP contribution in [0.4, 0.5) is 10.1 Å². The number of nitrogens with one attached hydrogen (secondary N) is 1. The molecule has 0 saturated heterocycles. The summed E-state index contributed by atoms with van der Waals surface area (Å²) in [6.07, 6.45) is 11.3. The zero-order valence-electron chi connectivity index (χ0n) is 16.9. The minimum atomic E-state index is -1.02. The molecule has 6 heteroatoms. The highest BCUT2D eigenvalue weighted by atomic mass is 19.1. The fraction of sp³-hybridized carbons (Fsp3) is 0.250. The van der Waals surface area contributed by atoms with Crippen molar-refractivity contribution in [1.29, 1.82) is 0 Å². The fourth-order valence-corrected chi connectivity index (χ4v) is 3.95. The molecule has 1 unspecified atom stereocenters. The Morgan fingerprint density at radius 1 is 1.30 bits per heavy atom. The summed E-state index contributed by atoms with van der Waals surface area (Å²) in [5.74, 6) is -0.814. The Morgan fingerprint density at radius 3 is 2.83 bits per heavy atom. The topological polar surface area (TPSA) is 64.9 Å². The predicted molar refractivity (Wildman–Crippen MR) is 117 cm³/mol. The Labute approximate surface area is 175 Å². The van der Waals surface area contributed by atoms with Crippen LogP contribution in [0.2, 0.25) is 0 Å². The van der Waals surface area contributed by atoms with Crippen molar-refractivity contribution in [3.63, 3.8) is 0 Å². The molecule has 4 rings (SSSR count). The number of allylic oxidation sites excluding steroid dienone is 5. The number of nitrogens with zero attached hydrogens (tertiary/aromatic N) is 2. The number of aliphatic imine (C=N–C) groups is 1. The van der Waals surface area contributed by atoms with Crippen LogP contribution in [0, 0.1) is 0 Å². The average molecular weight is 405 g/mol. The van der Waals surface area contributed by atoms with E-state index in [0.717, 1.165) is 25.0 Å². The number of carbonyl (C=O) groups is 1. The van der Waals surface area contributed by atoms with Crippen LogP contribution in [-0.4, -0.2) is 27.9 Å². The summed E-state index contributed by atoms with van der Waals surface area (Å²) in [6, 6.07) is 6.30. The monoisotopic (exact) mass is 405 g/mol. The molecule has 0 amide bonds. The van der Waals surface area contributed by atoms with Crippen molar-refractivity contribution >= 4 is 17.5 Å². The lowest BCUT2D eigenvalue weighted by atomic mass is 9.95. The normalized spacial score (nSPS) is 19.6. The zero-order valence-corrected chi connectivity index (χ0v) is 16.9. The summed E-state index contributed by atoms with van der Waals surface area (Å²) in [4.78, 5) is 18.0. The maximum Gasteiger partial charge on any atom is 0.337 e. The van der Waals surface area contributed by atoms with Gasteiger partial charge in [-0.25, -0.2) is 14.2 Å². The molecule has 0 fully saturated rings. The summed E-state index contributed by atoms with van der Waals surface area (Å²) in [5.41, 5.74) is 3.99. The van der Waals surface area contributed by atoms with Gasteiger partial charge in [0.25, 0.3) is 0 Å². The van der Waals surface area contributed by atoms with Crippen LogP contribution in [0.1, 0.15) is 43.0 Å². The summed E-state index contributed by atoms with van der Waals surface area (Å²) in [6.45, 7) is 5.96. The van der Waals surface area contributed by atoms with E-state index in [0.29, 0.717) is 22.8 Å². The first-order chi connectivity index (χ1) is 14.4. The van der Waals surface area contributed by atoms with E-state index >= 15 is 0 Å². The third-order valence-electron chi connectivity index (χ3n) is 5.49. The molecule has 1 atom stereocenters. The summed E-state index contributed by atoms with van der Waals surface area (Å²) >= 11 is 0. The number of carboxylic acid groups (broad SMARTS) is 1. The van der Waals surface area contributed by atoms with E-state index in [1.807, 2.05) is 13.0 Å². The number of benzene rings is 1. The number of halogens is 1. The van der Waals surface area contributed by atoms with Crippen molar-refractivity contribution in [2.75, 3.05) is 5.32 Å². The summed E-state index contributed by atoms with van der Waals surface area (Å²) in [5, 5.41) is 12.7.